The molecule has 0 saturated heterocycles. The molecular weight excluding hydrogens is 320 g/mol. The van der Waals surface area contributed by atoms with Crippen molar-refractivity contribution in [2.45, 2.75) is 104 Å². The van der Waals surface area contributed by atoms with E-state index in [1.807, 2.05) is 13.8 Å². The summed E-state index contributed by atoms with van der Waals surface area (Å²) in [4.78, 5) is 0. The second-order valence-electron chi connectivity index (χ2n) is 7.31. The number of aliphatic hydroxyl groups is 1. The Bertz CT molecular complexity index is 391. The summed E-state index contributed by atoms with van der Waals surface area (Å²) < 4.78 is 27.1. The molecule has 0 aromatic carbocycles. The Labute approximate surface area is 153 Å². The molecule has 0 saturated carbocycles. The molecule has 0 aliphatic carbocycles. The van der Waals surface area contributed by atoms with E-state index in [4.69, 9.17) is 0 Å². The Balaban J connectivity index is 3.99. The van der Waals surface area contributed by atoms with Gasteiger partial charge in [0.05, 0.1) is 11.9 Å². The van der Waals surface area contributed by atoms with Gasteiger partial charge in [-0.2, -0.15) is 0 Å². The first kappa shape index (κ1) is 24.1. The van der Waals surface area contributed by atoms with Crippen LogP contribution in [0.3, 0.4) is 0 Å². The van der Waals surface area contributed by atoms with E-state index in [2.05, 4.69) is 12.2 Å². The first-order valence-electron chi connectivity index (χ1n) is 9.87. The van der Waals surface area contributed by atoms with Gasteiger partial charge in [0.1, 0.15) is 6.17 Å². The summed E-state index contributed by atoms with van der Waals surface area (Å²) in [5, 5.41) is 13.2. The van der Waals surface area contributed by atoms with E-state index in [0.717, 1.165) is 19.3 Å². The van der Waals surface area contributed by atoms with E-state index in [0.29, 0.717) is 5.57 Å². The van der Waals surface area contributed by atoms with Gasteiger partial charge >= 0.3 is 0 Å². The third-order valence-electron chi connectivity index (χ3n) is 4.96. The van der Waals surface area contributed by atoms with Crippen molar-refractivity contribution in [1.29, 1.82) is 0 Å². The van der Waals surface area contributed by atoms with Crippen LogP contribution >= 0.6 is 0 Å². The molecule has 0 amide bonds. The first-order valence-corrected chi connectivity index (χ1v) is 9.87. The number of aliphatic hydroxyl groups excluding tert-OH is 1. The van der Waals surface area contributed by atoms with E-state index in [1.54, 1.807) is 13.1 Å². The lowest BCUT2D eigenvalue weighted by atomic mass is 9.96. The molecular formula is C21H39F2NO. The summed E-state index contributed by atoms with van der Waals surface area (Å²) in [5.41, 5.74) is 0.603. The van der Waals surface area contributed by atoms with E-state index in [1.165, 1.54) is 38.7 Å². The van der Waals surface area contributed by atoms with Crippen LogP contribution in [0.15, 0.2) is 23.7 Å². The average Bonchev–Trinajstić information content (AvgIpc) is 2.56. The molecule has 4 atom stereocenters. The number of rotatable bonds is 14. The van der Waals surface area contributed by atoms with Crippen LogP contribution in [0.2, 0.25) is 0 Å². The van der Waals surface area contributed by atoms with Crippen LogP contribution in [0.25, 0.3) is 0 Å². The Morgan fingerprint density at radius 1 is 1.08 bits per heavy atom. The Morgan fingerprint density at radius 2 is 1.68 bits per heavy atom. The summed E-state index contributed by atoms with van der Waals surface area (Å²) >= 11 is 0. The quantitative estimate of drug-likeness (QED) is 0.361. The topological polar surface area (TPSA) is 32.3 Å². The number of halogens is 2. The van der Waals surface area contributed by atoms with Crippen LogP contribution in [0.4, 0.5) is 8.78 Å². The Morgan fingerprint density at radius 3 is 2.28 bits per heavy atom. The summed E-state index contributed by atoms with van der Waals surface area (Å²) in [6.45, 7) is 9.05. The van der Waals surface area contributed by atoms with Crippen molar-refractivity contribution in [3.8, 4) is 0 Å². The number of alkyl halides is 1. The molecule has 0 radical (unpaired) electrons. The van der Waals surface area contributed by atoms with Crippen LogP contribution in [0, 0.1) is 5.92 Å². The van der Waals surface area contributed by atoms with Gasteiger partial charge in [0.2, 0.25) is 0 Å². The normalized spacial score (nSPS) is 17.9. The van der Waals surface area contributed by atoms with E-state index < -0.39 is 12.3 Å². The van der Waals surface area contributed by atoms with Crippen LogP contribution < -0.4 is 5.32 Å². The fourth-order valence-electron chi connectivity index (χ4n) is 2.74. The lowest BCUT2D eigenvalue weighted by Gasteiger charge is -2.19. The largest absolute Gasteiger partial charge is 0.391 e. The highest BCUT2D eigenvalue weighted by Crippen LogP contribution is 2.21. The lowest BCUT2D eigenvalue weighted by Crippen LogP contribution is -2.34. The predicted molar refractivity (Wildman–Crippen MR) is 104 cm³/mol. The Hall–Kier alpha value is -0.900. The molecule has 0 aliphatic rings. The standard InChI is InChI=1S/C21H39F2NO/c1-6-7-8-9-10-11-12-21(25)19(5)24-14-13-20(23)15-16(2)17(3)18(4)22/h13-14,16,19-21,24-25H,6-12,15H2,1-5H3/b14-13+,18-17+. The van der Waals surface area contributed by atoms with Crippen LogP contribution in [0.1, 0.15) is 86.0 Å². The van der Waals surface area contributed by atoms with E-state index in [9.17, 15) is 13.9 Å². The van der Waals surface area contributed by atoms with Gasteiger partial charge in [0, 0.05) is 6.04 Å². The zero-order valence-electron chi connectivity index (χ0n) is 16.8. The molecule has 0 rings (SSSR count). The van der Waals surface area contributed by atoms with Gasteiger partial charge in [-0.3, -0.25) is 0 Å². The zero-order valence-corrected chi connectivity index (χ0v) is 16.8. The summed E-state index contributed by atoms with van der Waals surface area (Å²) in [6.07, 6.45) is 9.73. The molecule has 0 aromatic rings. The van der Waals surface area contributed by atoms with Crippen LogP contribution in [-0.4, -0.2) is 23.4 Å². The average molecular weight is 360 g/mol. The third-order valence-corrected chi connectivity index (χ3v) is 4.96. The maximum absolute atomic E-state index is 13.9. The molecule has 4 heteroatoms. The van der Waals surface area contributed by atoms with Crippen molar-refractivity contribution in [2.75, 3.05) is 0 Å². The number of hydrogen-bond acceptors (Lipinski definition) is 2. The summed E-state index contributed by atoms with van der Waals surface area (Å²) in [7, 11) is 0. The van der Waals surface area contributed by atoms with Gasteiger partial charge in [-0.1, -0.05) is 52.4 Å². The minimum Gasteiger partial charge on any atom is -0.391 e. The highest BCUT2D eigenvalue weighted by Gasteiger charge is 2.14. The predicted octanol–water partition coefficient (Wildman–Crippen LogP) is 6.22. The summed E-state index contributed by atoms with van der Waals surface area (Å²) in [6, 6.07) is -0.105. The van der Waals surface area contributed by atoms with Crippen molar-refractivity contribution in [2.24, 2.45) is 5.92 Å². The van der Waals surface area contributed by atoms with Crippen molar-refractivity contribution in [3.63, 3.8) is 0 Å². The van der Waals surface area contributed by atoms with Crippen LogP contribution in [-0.2, 0) is 0 Å². The van der Waals surface area contributed by atoms with Gasteiger partial charge in [0.25, 0.3) is 0 Å². The minimum absolute atomic E-state index is 0.105. The SMILES string of the molecule is CCCCCCCCC(O)C(C)N/C=C/C(F)CC(C)/C(C)=C(\C)F. The maximum Gasteiger partial charge on any atom is 0.120 e. The molecule has 0 fully saturated rings. The van der Waals surface area contributed by atoms with E-state index in [-0.39, 0.29) is 24.2 Å². The third kappa shape index (κ3) is 12.1. The van der Waals surface area contributed by atoms with Crippen molar-refractivity contribution < 1.29 is 13.9 Å². The number of nitrogens with one attached hydrogen (secondary N) is 1. The van der Waals surface area contributed by atoms with Crippen molar-refractivity contribution >= 4 is 0 Å². The minimum atomic E-state index is -1.13. The first-order chi connectivity index (χ1) is 11.8. The van der Waals surface area contributed by atoms with Gasteiger partial charge in [-0.25, -0.2) is 8.78 Å². The smallest absolute Gasteiger partial charge is 0.120 e. The van der Waals surface area contributed by atoms with Crippen molar-refractivity contribution in [1.82, 2.24) is 5.32 Å². The molecule has 4 unspecified atom stereocenters. The van der Waals surface area contributed by atoms with Gasteiger partial charge in [0.15, 0.2) is 0 Å². The molecule has 2 N–H and O–H groups in total. The molecule has 0 bridgehead atoms. The monoisotopic (exact) mass is 359 g/mol. The number of unbranched alkanes of at least 4 members (excludes halogenated alkanes) is 5. The second-order valence-corrected chi connectivity index (χ2v) is 7.31. The highest BCUT2D eigenvalue weighted by atomic mass is 19.1. The molecule has 25 heavy (non-hydrogen) atoms. The van der Waals surface area contributed by atoms with Crippen molar-refractivity contribution in [3.05, 3.63) is 23.7 Å². The second kappa shape index (κ2) is 14.3. The number of allylic oxidation sites excluding steroid dienone is 3. The maximum atomic E-state index is 13.9. The van der Waals surface area contributed by atoms with Crippen LogP contribution in [0.5, 0.6) is 0 Å². The molecule has 0 aromatic heterocycles. The highest BCUT2D eigenvalue weighted by molar-refractivity contribution is 5.07. The molecule has 2 nitrogen and oxygen atoms in total. The summed E-state index contributed by atoms with van der Waals surface area (Å²) in [5.74, 6) is -0.353. The zero-order chi connectivity index (χ0) is 19.2. The van der Waals surface area contributed by atoms with E-state index >= 15 is 0 Å². The number of hydrogen-bond donors (Lipinski definition) is 2. The fraction of sp³-hybridized carbons (Fsp3) is 0.810. The molecule has 0 aliphatic heterocycles. The fourth-order valence-corrected chi connectivity index (χ4v) is 2.74. The Kier molecular flexibility index (Phi) is 13.8. The molecule has 0 spiro atoms. The molecule has 148 valence electrons. The molecule has 0 heterocycles. The lowest BCUT2D eigenvalue weighted by molar-refractivity contribution is 0.128. The van der Waals surface area contributed by atoms with Gasteiger partial charge < -0.3 is 10.4 Å². The van der Waals surface area contributed by atoms with Gasteiger partial charge in [-0.15, -0.1) is 0 Å². The van der Waals surface area contributed by atoms with Gasteiger partial charge in [-0.05, 0) is 57.4 Å².